The molecule has 19 heavy (non-hydrogen) atoms. The average Bonchev–Trinajstić information content (AvgIpc) is 2.38. The van der Waals surface area contributed by atoms with Crippen LogP contribution in [0.5, 0.6) is 0 Å². The summed E-state index contributed by atoms with van der Waals surface area (Å²) in [4.78, 5) is 13.5. The van der Waals surface area contributed by atoms with Crippen LogP contribution in [0.4, 0.5) is 11.4 Å². The van der Waals surface area contributed by atoms with Gasteiger partial charge >= 0.3 is 0 Å². The lowest BCUT2D eigenvalue weighted by atomic mass is 10.1. The summed E-state index contributed by atoms with van der Waals surface area (Å²) in [5.41, 5.74) is 7.94. The number of aliphatic hydroxyl groups is 1. The molecule has 0 bridgehead atoms. The van der Waals surface area contributed by atoms with Crippen LogP contribution in [0.2, 0.25) is 0 Å². The average molecular weight is 264 g/mol. The van der Waals surface area contributed by atoms with Crippen LogP contribution in [-0.2, 0) is 0 Å². The second kappa shape index (κ2) is 7.14. The summed E-state index contributed by atoms with van der Waals surface area (Å²) in [5.74, 6) is -0.0275. The highest BCUT2D eigenvalue weighted by molar-refractivity contribution is 5.99. The molecule has 0 fully saturated rings. The van der Waals surface area contributed by atoms with Gasteiger partial charge < -0.3 is 15.7 Å². The van der Waals surface area contributed by atoms with E-state index in [2.05, 4.69) is 18.7 Å². The Bertz CT molecular complexity index is 428. The van der Waals surface area contributed by atoms with Crippen LogP contribution in [0.3, 0.4) is 0 Å². The molecule has 3 N–H and O–H groups in total. The zero-order valence-electron chi connectivity index (χ0n) is 12.0. The molecule has 106 valence electrons. The van der Waals surface area contributed by atoms with Crippen LogP contribution in [0.25, 0.3) is 0 Å². The third-order valence-corrected chi connectivity index (χ3v) is 3.47. The Morgan fingerprint density at radius 2 is 2.00 bits per heavy atom. The van der Waals surface area contributed by atoms with Crippen LogP contribution in [0, 0.1) is 0 Å². The van der Waals surface area contributed by atoms with Crippen molar-refractivity contribution in [2.45, 2.75) is 39.7 Å². The molecule has 0 aromatic heterocycles. The maximum absolute atomic E-state index is 11.4. The Morgan fingerprint density at radius 1 is 1.37 bits per heavy atom. The number of nitrogens with zero attached hydrogens (tertiary/aromatic N) is 1. The van der Waals surface area contributed by atoms with Crippen molar-refractivity contribution in [2.75, 3.05) is 23.8 Å². The minimum absolute atomic E-state index is 0.0275. The molecule has 0 radical (unpaired) electrons. The molecule has 0 spiro atoms. The van der Waals surface area contributed by atoms with E-state index in [0.29, 0.717) is 23.8 Å². The van der Waals surface area contributed by atoms with Gasteiger partial charge in [0.05, 0.1) is 6.61 Å². The van der Waals surface area contributed by atoms with E-state index >= 15 is 0 Å². The highest BCUT2D eigenvalue weighted by Crippen LogP contribution is 2.25. The number of hydrogen-bond donors (Lipinski definition) is 2. The van der Waals surface area contributed by atoms with Crippen LogP contribution >= 0.6 is 0 Å². The first-order valence-electron chi connectivity index (χ1n) is 6.83. The highest BCUT2D eigenvalue weighted by atomic mass is 16.3. The fourth-order valence-electron chi connectivity index (χ4n) is 2.41. The van der Waals surface area contributed by atoms with Crippen LogP contribution in [0.1, 0.15) is 44.0 Å². The smallest absolute Gasteiger partial charge is 0.161 e. The maximum Gasteiger partial charge on any atom is 0.161 e. The molecule has 0 saturated carbocycles. The summed E-state index contributed by atoms with van der Waals surface area (Å²) in [7, 11) is 0. The molecule has 1 aromatic rings. The molecule has 0 saturated heterocycles. The van der Waals surface area contributed by atoms with Crippen molar-refractivity contribution in [3.8, 4) is 0 Å². The Labute approximate surface area is 115 Å². The van der Waals surface area contributed by atoms with Crippen molar-refractivity contribution >= 4 is 17.2 Å². The third kappa shape index (κ3) is 3.70. The zero-order valence-corrected chi connectivity index (χ0v) is 12.0. The second-order valence-electron chi connectivity index (χ2n) is 4.72. The number of rotatable bonds is 7. The van der Waals surface area contributed by atoms with E-state index in [9.17, 15) is 9.90 Å². The summed E-state index contributed by atoms with van der Waals surface area (Å²) in [6, 6.07) is 5.86. The first-order chi connectivity index (χ1) is 9.04. The van der Waals surface area contributed by atoms with Crippen molar-refractivity contribution < 1.29 is 9.90 Å². The lowest BCUT2D eigenvalue weighted by Gasteiger charge is -2.32. The molecule has 0 heterocycles. The van der Waals surface area contributed by atoms with Crippen molar-refractivity contribution in [1.82, 2.24) is 0 Å². The number of carbonyl (C=O) groups is 1. The molecule has 0 aliphatic heterocycles. The number of nitrogen functional groups attached to an aromatic ring is 1. The predicted molar refractivity (Wildman–Crippen MR) is 79.7 cm³/mol. The summed E-state index contributed by atoms with van der Waals surface area (Å²) in [6.45, 7) is 6.45. The number of benzene rings is 1. The molecular formula is C15H24N2O2. The SMILES string of the molecule is CCC(CC)N(CCO)c1ccc(C(C)=O)c(N)c1. The van der Waals surface area contributed by atoms with Gasteiger partial charge in [0.1, 0.15) is 0 Å². The molecular weight excluding hydrogens is 240 g/mol. The third-order valence-electron chi connectivity index (χ3n) is 3.47. The standard InChI is InChI=1S/C15H24N2O2/c1-4-12(5-2)17(8-9-18)13-6-7-14(11(3)19)15(16)10-13/h6-7,10,12,18H,4-5,8-9,16H2,1-3H3. The molecule has 0 aliphatic rings. The number of anilines is 2. The van der Waals surface area contributed by atoms with Gasteiger partial charge in [-0.15, -0.1) is 0 Å². The fourth-order valence-corrected chi connectivity index (χ4v) is 2.41. The minimum atomic E-state index is -0.0275. The Morgan fingerprint density at radius 3 is 2.42 bits per heavy atom. The molecule has 1 rings (SSSR count). The molecule has 4 nitrogen and oxygen atoms in total. The summed E-state index contributed by atoms with van der Waals surface area (Å²) < 4.78 is 0. The van der Waals surface area contributed by atoms with Crippen molar-refractivity contribution in [2.24, 2.45) is 0 Å². The van der Waals surface area contributed by atoms with Gasteiger partial charge in [-0.1, -0.05) is 13.8 Å². The Balaban J connectivity index is 3.09. The van der Waals surface area contributed by atoms with Crippen molar-refractivity contribution in [3.05, 3.63) is 23.8 Å². The van der Waals surface area contributed by atoms with E-state index in [1.54, 1.807) is 6.07 Å². The van der Waals surface area contributed by atoms with Gasteiger partial charge in [0, 0.05) is 29.5 Å². The lowest BCUT2D eigenvalue weighted by Crippen LogP contribution is -2.36. The van der Waals surface area contributed by atoms with Gasteiger partial charge in [0.2, 0.25) is 0 Å². The summed E-state index contributed by atoms with van der Waals surface area (Å²) in [5, 5.41) is 9.22. The number of Topliss-reactive ketones (excluding diaryl/α,β-unsaturated/α-hetero) is 1. The molecule has 0 unspecified atom stereocenters. The molecule has 4 heteroatoms. The summed E-state index contributed by atoms with van der Waals surface area (Å²) >= 11 is 0. The van der Waals surface area contributed by atoms with E-state index in [1.807, 2.05) is 12.1 Å². The topological polar surface area (TPSA) is 66.6 Å². The molecule has 0 aliphatic carbocycles. The van der Waals surface area contributed by atoms with E-state index in [1.165, 1.54) is 6.92 Å². The highest BCUT2D eigenvalue weighted by Gasteiger charge is 2.16. The van der Waals surface area contributed by atoms with Crippen LogP contribution in [0.15, 0.2) is 18.2 Å². The van der Waals surface area contributed by atoms with E-state index in [-0.39, 0.29) is 12.4 Å². The van der Waals surface area contributed by atoms with E-state index in [0.717, 1.165) is 18.5 Å². The lowest BCUT2D eigenvalue weighted by molar-refractivity contribution is 0.101. The van der Waals surface area contributed by atoms with Gasteiger partial charge in [-0.2, -0.15) is 0 Å². The first kappa shape index (κ1) is 15.5. The Kier molecular flexibility index (Phi) is 5.83. The second-order valence-corrected chi connectivity index (χ2v) is 4.72. The zero-order chi connectivity index (χ0) is 14.4. The van der Waals surface area contributed by atoms with Gasteiger partial charge in [-0.25, -0.2) is 0 Å². The monoisotopic (exact) mass is 264 g/mol. The van der Waals surface area contributed by atoms with Crippen LogP contribution in [-0.4, -0.2) is 30.1 Å². The van der Waals surface area contributed by atoms with Crippen molar-refractivity contribution in [1.29, 1.82) is 0 Å². The minimum Gasteiger partial charge on any atom is -0.398 e. The van der Waals surface area contributed by atoms with Gasteiger partial charge in [-0.05, 0) is 38.0 Å². The number of hydrogen-bond acceptors (Lipinski definition) is 4. The first-order valence-corrected chi connectivity index (χ1v) is 6.83. The van der Waals surface area contributed by atoms with Gasteiger partial charge in [-0.3, -0.25) is 4.79 Å². The maximum atomic E-state index is 11.4. The molecule has 0 atom stereocenters. The van der Waals surface area contributed by atoms with E-state index in [4.69, 9.17) is 5.73 Å². The van der Waals surface area contributed by atoms with Gasteiger partial charge in [0.15, 0.2) is 5.78 Å². The predicted octanol–water partition coefficient (Wildman–Crippen LogP) is 2.46. The number of ketones is 1. The number of aliphatic hydroxyl groups excluding tert-OH is 1. The van der Waals surface area contributed by atoms with Crippen molar-refractivity contribution in [3.63, 3.8) is 0 Å². The molecule has 0 amide bonds. The number of carbonyl (C=O) groups excluding carboxylic acids is 1. The molecule has 1 aromatic carbocycles. The largest absolute Gasteiger partial charge is 0.398 e. The normalized spacial score (nSPS) is 10.8. The van der Waals surface area contributed by atoms with Crippen LogP contribution < -0.4 is 10.6 Å². The Hall–Kier alpha value is -1.55. The quantitative estimate of drug-likeness (QED) is 0.586. The summed E-state index contributed by atoms with van der Waals surface area (Å²) in [6.07, 6.45) is 2.01. The van der Waals surface area contributed by atoms with E-state index < -0.39 is 0 Å². The van der Waals surface area contributed by atoms with Gasteiger partial charge in [0.25, 0.3) is 0 Å². The fraction of sp³-hybridized carbons (Fsp3) is 0.533. The number of nitrogens with two attached hydrogens (primary N) is 1.